The van der Waals surface area contributed by atoms with Crippen molar-refractivity contribution in [2.24, 2.45) is 0 Å². The summed E-state index contributed by atoms with van der Waals surface area (Å²) in [6.45, 7) is 0. The van der Waals surface area contributed by atoms with Gasteiger partial charge in [0.2, 0.25) is 0 Å². The van der Waals surface area contributed by atoms with Crippen molar-refractivity contribution >= 4 is 99.5 Å². The Morgan fingerprint density at radius 3 is 0.981 bits per heavy atom. The fourth-order valence-electron chi connectivity index (χ4n) is 8.07. The molecule has 2 aromatic heterocycles. The van der Waals surface area contributed by atoms with Gasteiger partial charge in [0.1, 0.15) is 22.3 Å². The van der Waals surface area contributed by atoms with Gasteiger partial charge in [-0.2, -0.15) is 0 Å². The molecule has 4 heteroatoms. The SMILES string of the molecule is c1ccc(N(c2ccccc2)c2ccc3c(ccc4c5cc6c(cc5oc34)oc3c4ccc(N(c5ccccc5)c5ccccc5)cc4ccc63)c2)cc1. The van der Waals surface area contributed by atoms with Crippen molar-refractivity contribution in [3.05, 3.63) is 194 Å². The van der Waals surface area contributed by atoms with Crippen molar-refractivity contribution in [1.29, 1.82) is 0 Å². The second-order valence-corrected chi connectivity index (χ2v) is 13.8. The minimum atomic E-state index is 0.816. The molecule has 54 heavy (non-hydrogen) atoms. The first-order valence-electron chi connectivity index (χ1n) is 18.3. The van der Waals surface area contributed by atoms with Gasteiger partial charge in [-0.05, 0) is 114 Å². The van der Waals surface area contributed by atoms with Crippen LogP contribution in [-0.4, -0.2) is 0 Å². The van der Waals surface area contributed by atoms with Crippen LogP contribution in [0.15, 0.2) is 203 Å². The Labute approximate surface area is 311 Å². The Bertz CT molecular complexity index is 2860. The van der Waals surface area contributed by atoms with Gasteiger partial charge < -0.3 is 18.6 Å². The van der Waals surface area contributed by atoms with Gasteiger partial charge in [-0.1, -0.05) is 84.9 Å². The minimum Gasteiger partial charge on any atom is -0.455 e. The van der Waals surface area contributed by atoms with Crippen LogP contribution >= 0.6 is 0 Å². The quantitative estimate of drug-likeness (QED) is 0.174. The van der Waals surface area contributed by atoms with E-state index in [0.29, 0.717) is 0 Å². The molecule has 0 fully saturated rings. The molecule has 11 aromatic rings. The number of benzene rings is 9. The molecule has 0 saturated heterocycles. The fraction of sp³-hybridized carbons (Fsp3) is 0. The van der Waals surface area contributed by atoms with Crippen LogP contribution < -0.4 is 9.80 Å². The van der Waals surface area contributed by atoms with Crippen LogP contribution in [0.4, 0.5) is 34.1 Å². The lowest BCUT2D eigenvalue weighted by molar-refractivity contribution is 0.660. The summed E-state index contributed by atoms with van der Waals surface area (Å²) in [4.78, 5) is 4.57. The standard InChI is InChI=1S/C50H32N2O2/c1-5-13-35(14-6-1)51(36-15-7-2-8-16-36)39-23-27-41-33(29-39)21-25-43-45-31-46-44-26-22-34-30-40(52(37-17-9-3-10-18-37)38-19-11-4-12-20-38)24-28-42(34)50(44)54-48(46)32-47(45)53-49(41)43/h1-32H. The lowest BCUT2D eigenvalue weighted by Gasteiger charge is -2.25. The van der Waals surface area contributed by atoms with Gasteiger partial charge in [0, 0.05) is 72.5 Å². The summed E-state index contributed by atoms with van der Waals surface area (Å²) < 4.78 is 13.3. The number of furan rings is 2. The van der Waals surface area contributed by atoms with E-state index in [-0.39, 0.29) is 0 Å². The highest BCUT2D eigenvalue weighted by atomic mass is 16.3. The smallest absolute Gasteiger partial charge is 0.143 e. The molecule has 0 spiro atoms. The Balaban J connectivity index is 1.02. The van der Waals surface area contributed by atoms with Crippen molar-refractivity contribution in [1.82, 2.24) is 0 Å². The molecule has 0 atom stereocenters. The Hall–Kier alpha value is -7.30. The molecular formula is C50H32N2O2. The molecule has 2 heterocycles. The monoisotopic (exact) mass is 692 g/mol. The van der Waals surface area contributed by atoms with Crippen molar-refractivity contribution in [2.45, 2.75) is 0 Å². The zero-order valence-corrected chi connectivity index (χ0v) is 29.2. The average Bonchev–Trinajstić information content (AvgIpc) is 3.79. The number of hydrogen-bond donors (Lipinski definition) is 0. The van der Waals surface area contributed by atoms with E-state index in [0.717, 1.165) is 99.5 Å². The maximum absolute atomic E-state index is 6.67. The number of rotatable bonds is 6. The van der Waals surface area contributed by atoms with Crippen LogP contribution in [0.1, 0.15) is 0 Å². The fourth-order valence-corrected chi connectivity index (χ4v) is 8.07. The molecule has 0 aliphatic carbocycles. The van der Waals surface area contributed by atoms with E-state index in [2.05, 4.69) is 204 Å². The Morgan fingerprint density at radius 2 is 0.611 bits per heavy atom. The van der Waals surface area contributed by atoms with E-state index in [1.165, 1.54) is 0 Å². The van der Waals surface area contributed by atoms with Crippen LogP contribution in [0.5, 0.6) is 0 Å². The highest BCUT2D eigenvalue weighted by molar-refractivity contribution is 6.22. The van der Waals surface area contributed by atoms with Gasteiger partial charge >= 0.3 is 0 Å². The van der Waals surface area contributed by atoms with Gasteiger partial charge in [0.15, 0.2) is 0 Å². The van der Waals surface area contributed by atoms with E-state index in [1.54, 1.807) is 0 Å². The molecule has 0 aliphatic rings. The highest BCUT2D eigenvalue weighted by Gasteiger charge is 2.19. The molecule has 11 rings (SSSR count). The third kappa shape index (κ3) is 4.85. The van der Waals surface area contributed by atoms with Crippen LogP contribution in [0.3, 0.4) is 0 Å². The van der Waals surface area contributed by atoms with E-state index in [4.69, 9.17) is 8.83 Å². The van der Waals surface area contributed by atoms with Gasteiger partial charge in [-0.25, -0.2) is 0 Å². The first kappa shape index (κ1) is 30.3. The molecule has 0 bridgehead atoms. The predicted octanol–water partition coefficient (Wildman–Crippen LogP) is 14.7. The minimum absolute atomic E-state index is 0.816. The summed E-state index contributed by atoms with van der Waals surface area (Å²) in [5.74, 6) is 0. The van der Waals surface area contributed by atoms with E-state index < -0.39 is 0 Å². The van der Waals surface area contributed by atoms with Crippen LogP contribution in [0, 0.1) is 0 Å². The first-order valence-corrected chi connectivity index (χ1v) is 18.3. The molecule has 0 radical (unpaired) electrons. The van der Waals surface area contributed by atoms with Crippen molar-refractivity contribution < 1.29 is 8.83 Å². The molecule has 0 saturated carbocycles. The molecule has 0 aliphatic heterocycles. The van der Waals surface area contributed by atoms with Crippen molar-refractivity contribution in [3.8, 4) is 0 Å². The average molecular weight is 693 g/mol. The van der Waals surface area contributed by atoms with Crippen LogP contribution in [0.2, 0.25) is 0 Å². The van der Waals surface area contributed by atoms with Crippen LogP contribution in [0.25, 0.3) is 65.4 Å². The van der Waals surface area contributed by atoms with E-state index in [1.807, 2.05) is 0 Å². The Morgan fingerprint density at radius 1 is 0.259 bits per heavy atom. The summed E-state index contributed by atoms with van der Waals surface area (Å²) in [7, 11) is 0. The summed E-state index contributed by atoms with van der Waals surface area (Å²) in [6.07, 6.45) is 0. The molecule has 0 amide bonds. The maximum Gasteiger partial charge on any atom is 0.143 e. The summed E-state index contributed by atoms with van der Waals surface area (Å²) >= 11 is 0. The van der Waals surface area contributed by atoms with Gasteiger partial charge in [0.05, 0.1) is 0 Å². The number of para-hydroxylation sites is 4. The van der Waals surface area contributed by atoms with Gasteiger partial charge in [0.25, 0.3) is 0 Å². The summed E-state index contributed by atoms with van der Waals surface area (Å²) in [5.41, 5.74) is 10.0. The predicted molar refractivity (Wildman–Crippen MR) is 225 cm³/mol. The summed E-state index contributed by atoms with van der Waals surface area (Å²) in [5, 5.41) is 8.75. The molecule has 4 nitrogen and oxygen atoms in total. The second-order valence-electron chi connectivity index (χ2n) is 13.8. The molecule has 254 valence electrons. The first-order chi connectivity index (χ1) is 26.8. The van der Waals surface area contributed by atoms with E-state index >= 15 is 0 Å². The number of nitrogens with zero attached hydrogens (tertiary/aromatic N) is 2. The van der Waals surface area contributed by atoms with Gasteiger partial charge in [-0.15, -0.1) is 0 Å². The van der Waals surface area contributed by atoms with Crippen LogP contribution in [-0.2, 0) is 0 Å². The topological polar surface area (TPSA) is 32.8 Å². The molecule has 0 unspecified atom stereocenters. The highest BCUT2D eigenvalue weighted by Crippen LogP contribution is 2.43. The van der Waals surface area contributed by atoms with Crippen molar-refractivity contribution in [3.63, 3.8) is 0 Å². The largest absolute Gasteiger partial charge is 0.455 e. The molecule has 0 N–H and O–H groups in total. The maximum atomic E-state index is 6.67. The normalized spacial score (nSPS) is 11.7. The number of anilines is 6. The number of fused-ring (bicyclic) bond motifs is 10. The second kappa shape index (κ2) is 12.1. The van der Waals surface area contributed by atoms with E-state index in [9.17, 15) is 0 Å². The third-order valence-electron chi connectivity index (χ3n) is 10.6. The molecular weight excluding hydrogens is 661 g/mol. The summed E-state index contributed by atoms with van der Waals surface area (Å²) in [6, 6.07) is 68.3. The van der Waals surface area contributed by atoms with Crippen molar-refractivity contribution in [2.75, 3.05) is 9.80 Å². The number of hydrogen-bond acceptors (Lipinski definition) is 4. The van der Waals surface area contributed by atoms with Gasteiger partial charge in [-0.3, -0.25) is 0 Å². The Kier molecular flexibility index (Phi) is 6.82. The third-order valence-corrected chi connectivity index (χ3v) is 10.6. The lowest BCUT2D eigenvalue weighted by Crippen LogP contribution is -2.09. The zero-order valence-electron chi connectivity index (χ0n) is 29.2. The molecule has 9 aromatic carbocycles. The lowest BCUT2D eigenvalue weighted by atomic mass is 10.0. The zero-order chi connectivity index (χ0) is 35.6.